The van der Waals surface area contributed by atoms with E-state index in [-0.39, 0.29) is 11.9 Å². The van der Waals surface area contributed by atoms with Gasteiger partial charge in [0.25, 0.3) is 0 Å². The van der Waals surface area contributed by atoms with E-state index in [9.17, 15) is 9.90 Å². The van der Waals surface area contributed by atoms with Crippen LogP contribution >= 0.6 is 0 Å². The lowest BCUT2D eigenvalue weighted by Crippen LogP contribution is -2.31. The van der Waals surface area contributed by atoms with Gasteiger partial charge in [-0.3, -0.25) is 4.79 Å². The van der Waals surface area contributed by atoms with E-state index in [2.05, 4.69) is 0 Å². The molecule has 3 rings (SSSR count). The molecule has 24 heavy (non-hydrogen) atoms. The molecule has 4 nitrogen and oxygen atoms in total. The number of aliphatic hydroxyl groups is 1. The summed E-state index contributed by atoms with van der Waals surface area (Å²) in [6.07, 6.45) is 1.28. The van der Waals surface area contributed by atoms with Gasteiger partial charge in [-0.2, -0.15) is 0 Å². The molecule has 0 saturated carbocycles. The number of aliphatic hydroxyl groups excluding tert-OH is 1. The minimum Gasteiger partial charge on any atom is -0.497 e. The van der Waals surface area contributed by atoms with Gasteiger partial charge in [-0.1, -0.05) is 42.5 Å². The summed E-state index contributed by atoms with van der Waals surface area (Å²) in [5.41, 5.74) is 2.17. The van der Waals surface area contributed by atoms with Crippen LogP contribution in [0.3, 0.4) is 0 Å². The van der Waals surface area contributed by atoms with Gasteiger partial charge in [0.15, 0.2) is 0 Å². The first kappa shape index (κ1) is 16.5. The Kier molecular flexibility index (Phi) is 5.16. The molecule has 0 bridgehead atoms. The van der Waals surface area contributed by atoms with E-state index in [1.165, 1.54) is 0 Å². The van der Waals surface area contributed by atoms with Crippen LogP contribution in [0.25, 0.3) is 0 Å². The number of rotatable bonds is 5. The molecular formula is C20H23NO3. The van der Waals surface area contributed by atoms with E-state index in [0.29, 0.717) is 19.4 Å². The maximum atomic E-state index is 12.7. The van der Waals surface area contributed by atoms with Crippen molar-refractivity contribution in [2.75, 3.05) is 13.7 Å². The van der Waals surface area contributed by atoms with Crippen LogP contribution in [-0.2, 0) is 11.2 Å². The minimum absolute atomic E-state index is 0.0848. The lowest BCUT2D eigenvalue weighted by molar-refractivity contribution is -0.132. The molecule has 1 N–H and O–H groups in total. The number of β-amino-alcohol motifs (C(OH)–C–C–N with tert-alkyl or cyclic N) is 1. The van der Waals surface area contributed by atoms with Gasteiger partial charge in [-0.05, 0) is 36.1 Å². The zero-order valence-electron chi connectivity index (χ0n) is 13.9. The van der Waals surface area contributed by atoms with E-state index >= 15 is 0 Å². The van der Waals surface area contributed by atoms with Crippen molar-refractivity contribution in [2.24, 2.45) is 0 Å². The second-order valence-corrected chi connectivity index (χ2v) is 6.21. The largest absolute Gasteiger partial charge is 0.497 e. The van der Waals surface area contributed by atoms with Gasteiger partial charge in [0.2, 0.25) is 5.91 Å². The lowest BCUT2D eigenvalue weighted by Gasteiger charge is -2.25. The quantitative estimate of drug-likeness (QED) is 0.919. The Bertz CT molecular complexity index is 686. The van der Waals surface area contributed by atoms with Crippen LogP contribution in [0.2, 0.25) is 0 Å². The number of benzene rings is 2. The van der Waals surface area contributed by atoms with Crippen molar-refractivity contribution in [3.8, 4) is 5.75 Å². The number of likely N-dealkylation sites (tertiary alicyclic amines) is 1. The fourth-order valence-electron chi connectivity index (χ4n) is 3.29. The molecule has 1 aliphatic heterocycles. The zero-order chi connectivity index (χ0) is 16.9. The van der Waals surface area contributed by atoms with Crippen molar-refractivity contribution in [1.82, 2.24) is 4.90 Å². The molecular weight excluding hydrogens is 302 g/mol. The summed E-state index contributed by atoms with van der Waals surface area (Å²) >= 11 is 0. The molecule has 0 spiro atoms. The number of nitrogens with zero attached hydrogens (tertiary/aromatic N) is 1. The van der Waals surface area contributed by atoms with Crippen molar-refractivity contribution < 1.29 is 14.6 Å². The highest BCUT2D eigenvalue weighted by Crippen LogP contribution is 2.34. The summed E-state index contributed by atoms with van der Waals surface area (Å²) in [5.74, 6) is 0.855. The standard InChI is InChI=1S/C20H23NO3/c1-24-18-9-5-8-16(12-18)19-13-17(22)14-21(19)20(23)11-10-15-6-3-2-4-7-15/h2-9,12,17,19,22H,10-11,13-14H2,1H3. The topological polar surface area (TPSA) is 49.8 Å². The first-order chi connectivity index (χ1) is 11.7. The number of amides is 1. The highest BCUT2D eigenvalue weighted by Gasteiger charge is 2.35. The number of hydrogen-bond acceptors (Lipinski definition) is 3. The first-order valence-corrected chi connectivity index (χ1v) is 8.33. The van der Waals surface area contributed by atoms with Gasteiger partial charge in [0.1, 0.15) is 5.75 Å². The van der Waals surface area contributed by atoms with Crippen LogP contribution in [0.15, 0.2) is 54.6 Å². The summed E-state index contributed by atoms with van der Waals surface area (Å²) in [6.45, 7) is 0.398. The Morgan fingerprint density at radius 1 is 1.21 bits per heavy atom. The van der Waals surface area contributed by atoms with Gasteiger partial charge in [0.05, 0.1) is 19.3 Å². The minimum atomic E-state index is -0.470. The summed E-state index contributed by atoms with van der Waals surface area (Å²) in [6, 6.07) is 17.7. The van der Waals surface area contributed by atoms with Crippen LogP contribution in [0.4, 0.5) is 0 Å². The molecule has 0 radical (unpaired) electrons. The number of carbonyl (C=O) groups excluding carboxylic acids is 1. The maximum absolute atomic E-state index is 12.7. The van der Waals surface area contributed by atoms with Gasteiger partial charge in [-0.25, -0.2) is 0 Å². The maximum Gasteiger partial charge on any atom is 0.223 e. The molecule has 2 unspecified atom stereocenters. The molecule has 0 aliphatic carbocycles. The molecule has 2 aromatic carbocycles. The fraction of sp³-hybridized carbons (Fsp3) is 0.350. The Morgan fingerprint density at radius 2 is 2.00 bits per heavy atom. The molecule has 4 heteroatoms. The normalized spacial score (nSPS) is 20.2. The lowest BCUT2D eigenvalue weighted by atomic mass is 10.0. The summed E-state index contributed by atoms with van der Waals surface area (Å²) in [5, 5.41) is 10.1. The molecule has 2 atom stereocenters. The SMILES string of the molecule is COc1cccc(C2CC(O)CN2C(=O)CCc2ccccc2)c1. The van der Waals surface area contributed by atoms with E-state index in [4.69, 9.17) is 4.74 Å². The zero-order valence-corrected chi connectivity index (χ0v) is 13.9. The second kappa shape index (κ2) is 7.49. The smallest absolute Gasteiger partial charge is 0.223 e. The average molecular weight is 325 g/mol. The fourth-order valence-corrected chi connectivity index (χ4v) is 3.29. The number of carbonyl (C=O) groups is 1. The molecule has 1 aliphatic rings. The Morgan fingerprint density at radius 3 is 2.75 bits per heavy atom. The number of aryl methyl sites for hydroxylation is 1. The third-order valence-corrected chi connectivity index (χ3v) is 4.55. The van der Waals surface area contributed by atoms with Crippen LogP contribution < -0.4 is 4.74 Å². The molecule has 1 fully saturated rings. The first-order valence-electron chi connectivity index (χ1n) is 8.33. The third-order valence-electron chi connectivity index (χ3n) is 4.55. The van der Waals surface area contributed by atoms with Gasteiger partial charge in [0, 0.05) is 13.0 Å². The molecule has 1 amide bonds. The highest BCUT2D eigenvalue weighted by molar-refractivity contribution is 5.77. The van der Waals surface area contributed by atoms with Crippen molar-refractivity contribution in [3.05, 3.63) is 65.7 Å². The molecule has 2 aromatic rings. The molecule has 126 valence electrons. The van der Waals surface area contributed by atoms with Crippen LogP contribution in [0.1, 0.15) is 30.0 Å². The van der Waals surface area contributed by atoms with Gasteiger partial charge >= 0.3 is 0 Å². The molecule has 0 aromatic heterocycles. The van der Waals surface area contributed by atoms with Gasteiger partial charge < -0.3 is 14.7 Å². The predicted molar refractivity (Wildman–Crippen MR) is 92.8 cm³/mol. The van der Waals surface area contributed by atoms with Crippen molar-refractivity contribution in [2.45, 2.75) is 31.4 Å². The molecule has 1 saturated heterocycles. The Labute approximate surface area is 142 Å². The Balaban J connectivity index is 1.71. The van der Waals surface area contributed by atoms with Crippen molar-refractivity contribution in [1.29, 1.82) is 0 Å². The number of hydrogen-bond donors (Lipinski definition) is 1. The molecule has 1 heterocycles. The average Bonchev–Trinajstić information content (AvgIpc) is 3.02. The van der Waals surface area contributed by atoms with Crippen LogP contribution in [0.5, 0.6) is 5.75 Å². The third kappa shape index (κ3) is 3.77. The van der Waals surface area contributed by atoms with Crippen LogP contribution in [0, 0.1) is 0 Å². The van der Waals surface area contributed by atoms with Crippen molar-refractivity contribution >= 4 is 5.91 Å². The highest BCUT2D eigenvalue weighted by atomic mass is 16.5. The number of methoxy groups -OCH3 is 1. The van der Waals surface area contributed by atoms with E-state index in [1.54, 1.807) is 7.11 Å². The second-order valence-electron chi connectivity index (χ2n) is 6.21. The summed E-state index contributed by atoms with van der Waals surface area (Å²) in [4.78, 5) is 14.5. The summed E-state index contributed by atoms with van der Waals surface area (Å²) < 4.78 is 5.28. The monoisotopic (exact) mass is 325 g/mol. The van der Waals surface area contributed by atoms with Crippen molar-refractivity contribution in [3.63, 3.8) is 0 Å². The van der Waals surface area contributed by atoms with Gasteiger partial charge in [-0.15, -0.1) is 0 Å². The van der Waals surface area contributed by atoms with Crippen LogP contribution in [-0.4, -0.2) is 35.7 Å². The van der Waals surface area contributed by atoms with E-state index in [0.717, 1.165) is 23.3 Å². The Hall–Kier alpha value is -2.33. The van der Waals surface area contributed by atoms with E-state index in [1.807, 2.05) is 59.5 Å². The number of ether oxygens (including phenoxy) is 1. The summed E-state index contributed by atoms with van der Waals surface area (Å²) in [7, 11) is 1.63. The predicted octanol–water partition coefficient (Wildman–Crippen LogP) is 2.96. The van der Waals surface area contributed by atoms with E-state index < -0.39 is 6.10 Å².